The molecule has 0 radical (unpaired) electrons. The van der Waals surface area contributed by atoms with Crippen LogP contribution in [0.5, 0.6) is 0 Å². The van der Waals surface area contributed by atoms with Crippen LogP contribution in [0.15, 0.2) is 24.3 Å². The van der Waals surface area contributed by atoms with Gasteiger partial charge >= 0.3 is 0 Å². The lowest BCUT2D eigenvalue weighted by atomic mass is 9.99. The minimum atomic E-state index is 0.614. The number of hydrogen-bond acceptors (Lipinski definition) is 3. The van der Waals surface area contributed by atoms with Crippen molar-refractivity contribution in [3.8, 4) is 0 Å². The minimum absolute atomic E-state index is 0.614. The van der Waals surface area contributed by atoms with Crippen LogP contribution in [0.3, 0.4) is 0 Å². The Hall–Kier alpha value is -1.06. The number of rotatable bonds is 3. The number of likely N-dealkylation sites (tertiary alicyclic amines) is 1. The van der Waals surface area contributed by atoms with Crippen molar-refractivity contribution in [2.24, 2.45) is 0 Å². The average Bonchev–Trinajstić information content (AvgIpc) is 3.09. The van der Waals surface area contributed by atoms with Crippen LogP contribution in [-0.2, 0) is 0 Å². The van der Waals surface area contributed by atoms with Crippen molar-refractivity contribution < 1.29 is 0 Å². The molecule has 3 saturated heterocycles. The summed E-state index contributed by atoms with van der Waals surface area (Å²) in [5.41, 5.74) is 3.08. The van der Waals surface area contributed by atoms with E-state index < -0.39 is 0 Å². The second kappa shape index (κ2) is 6.10. The predicted molar refractivity (Wildman–Crippen MR) is 97.0 cm³/mol. The highest BCUT2D eigenvalue weighted by atomic mass is 15.3. The molecule has 23 heavy (non-hydrogen) atoms. The normalized spacial score (nSPS) is 32.2. The Kier molecular flexibility index (Phi) is 4.10. The number of nitrogens with zero attached hydrogens (tertiary/aromatic N) is 3. The zero-order chi connectivity index (χ0) is 16.0. The molecule has 3 aliphatic heterocycles. The van der Waals surface area contributed by atoms with E-state index in [0.29, 0.717) is 12.1 Å². The minimum Gasteiger partial charge on any atom is -0.368 e. The van der Waals surface area contributed by atoms with Crippen molar-refractivity contribution in [3.63, 3.8) is 0 Å². The molecule has 0 aliphatic carbocycles. The first kappa shape index (κ1) is 15.5. The molecular weight excluding hydrogens is 282 g/mol. The van der Waals surface area contributed by atoms with Gasteiger partial charge in [-0.2, -0.15) is 0 Å². The smallest absolute Gasteiger partial charge is 0.0415 e. The van der Waals surface area contributed by atoms with Gasteiger partial charge in [0.25, 0.3) is 0 Å². The molecule has 0 saturated carbocycles. The SMILES string of the molecule is CC(C)N1CCCC1c1ccccc1N1CC2CCC(C1)N2C. The molecule has 0 amide bonds. The Labute approximate surface area is 141 Å². The molecule has 3 atom stereocenters. The molecule has 2 bridgehead atoms. The van der Waals surface area contributed by atoms with Crippen LogP contribution < -0.4 is 4.90 Å². The molecule has 3 fully saturated rings. The van der Waals surface area contributed by atoms with Gasteiger partial charge in [0.2, 0.25) is 0 Å². The summed E-state index contributed by atoms with van der Waals surface area (Å²) in [6, 6.07) is 12.0. The number of para-hydroxylation sites is 1. The molecule has 1 aromatic carbocycles. The van der Waals surface area contributed by atoms with Gasteiger partial charge in [0.15, 0.2) is 0 Å². The van der Waals surface area contributed by atoms with Crippen molar-refractivity contribution in [3.05, 3.63) is 29.8 Å². The number of benzene rings is 1. The van der Waals surface area contributed by atoms with E-state index in [0.717, 1.165) is 12.1 Å². The second-order valence-electron chi connectivity index (χ2n) is 8.00. The van der Waals surface area contributed by atoms with Gasteiger partial charge in [-0.3, -0.25) is 9.80 Å². The summed E-state index contributed by atoms with van der Waals surface area (Å²) < 4.78 is 0. The third-order valence-corrected chi connectivity index (χ3v) is 6.44. The fraction of sp³-hybridized carbons (Fsp3) is 0.700. The number of hydrogen-bond donors (Lipinski definition) is 0. The Morgan fingerprint density at radius 1 is 1.00 bits per heavy atom. The molecule has 126 valence electrons. The van der Waals surface area contributed by atoms with E-state index in [2.05, 4.69) is 59.9 Å². The summed E-state index contributed by atoms with van der Waals surface area (Å²) in [5, 5.41) is 0. The molecule has 3 heterocycles. The van der Waals surface area contributed by atoms with Crippen LogP contribution in [-0.4, -0.2) is 54.6 Å². The lowest BCUT2D eigenvalue weighted by molar-refractivity contribution is 0.202. The van der Waals surface area contributed by atoms with Gasteiger partial charge in [0.1, 0.15) is 0 Å². The fourth-order valence-corrected chi connectivity index (χ4v) is 5.11. The van der Waals surface area contributed by atoms with E-state index in [1.54, 1.807) is 5.56 Å². The summed E-state index contributed by atoms with van der Waals surface area (Å²) in [4.78, 5) is 8.01. The Balaban J connectivity index is 1.63. The van der Waals surface area contributed by atoms with Gasteiger partial charge in [-0.05, 0) is 64.8 Å². The highest BCUT2D eigenvalue weighted by Crippen LogP contribution is 2.40. The Morgan fingerprint density at radius 2 is 1.70 bits per heavy atom. The van der Waals surface area contributed by atoms with Crippen LogP contribution in [0.1, 0.15) is 51.1 Å². The molecule has 0 spiro atoms. The zero-order valence-corrected chi connectivity index (χ0v) is 14.9. The van der Waals surface area contributed by atoms with E-state index in [1.165, 1.54) is 51.0 Å². The van der Waals surface area contributed by atoms with Gasteiger partial charge in [-0.15, -0.1) is 0 Å². The maximum absolute atomic E-state index is 2.70. The molecule has 3 unspecified atom stereocenters. The predicted octanol–water partition coefficient (Wildman–Crippen LogP) is 3.51. The van der Waals surface area contributed by atoms with E-state index in [9.17, 15) is 0 Å². The van der Waals surface area contributed by atoms with Gasteiger partial charge < -0.3 is 4.90 Å². The molecule has 4 rings (SSSR count). The summed E-state index contributed by atoms with van der Waals surface area (Å²) >= 11 is 0. The highest BCUT2D eigenvalue weighted by Gasteiger charge is 2.39. The molecular formula is C20H31N3. The number of anilines is 1. The largest absolute Gasteiger partial charge is 0.368 e. The molecule has 0 aromatic heterocycles. The fourth-order valence-electron chi connectivity index (χ4n) is 5.11. The molecule has 3 aliphatic rings. The van der Waals surface area contributed by atoms with Gasteiger partial charge in [-0.1, -0.05) is 18.2 Å². The monoisotopic (exact) mass is 313 g/mol. The first-order valence-electron chi connectivity index (χ1n) is 9.46. The zero-order valence-electron chi connectivity index (χ0n) is 14.9. The van der Waals surface area contributed by atoms with Crippen LogP contribution in [0.2, 0.25) is 0 Å². The first-order chi connectivity index (χ1) is 11.1. The quantitative estimate of drug-likeness (QED) is 0.845. The standard InChI is InChI=1S/C20H31N3/c1-15(2)23-12-6-9-20(23)18-7-4-5-8-19(18)22-13-16-10-11-17(14-22)21(16)3/h4-5,7-8,15-17,20H,6,9-14H2,1-3H3. The molecule has 0 N–H and O–H groups in total. The molecule has 3 nitrogen and oxygen atoms in total. The van der Waals surface area contributed by atoms with E-state index in [-0.39, 0.29) is 0 Å². The van der Waals surface area contributed by atoms with Gasteiger partial charge in [-0.25, -0.2) is 0 Å². The summed E-state index contributed by atoms with van der Waals surface area (Å²) in [5.74, 6) is 0. The summed E-state index contributed by atoms with van der Waals surface area (Å²) in [7, 11) is 2.32. The summed E-state index contributed by atoms with van der Waals surface area (Å²) in [6.45, 7) is 8.36. The van der Waals surface area contributed by atoms with Crippen LogP contribution in [0, 0.1) is 0 Å². The van der Waals surface area contributed by atoms with Gasteiger partial charge in [0, 0.05) is 42.9 Å². The molecule has 1 aromatic rings. The Bertz CT molecular complexity index is 542. The third kappa shape index (κ3) is 2.68. The van der Waals surface area contributed by atoms with E-state index in [1.807, 2.05) is 0 Å². The van der Waals surface area contributed by atoms with Crippen LogP contribution in [0.25, 0.3) is 0 Å². The van der Waals surface area contributed by atoms with Crippen molar-refractivity contribution in [1.29, 1.82) is 0 Å². The van der Waals surface area contributed by atoms with Crippen molar-refractivity contribution in [2.75, 3.05) is 31.6 Å². The van der Waals surface area contributed by atoms with Crippen molar-refractivity contribution >= 4 is 5.69 Å². The maximum Gasteiger partial charge on any atom is 0.0415 e. The van der Waals surface area contributed by atoms with E-state index in [4.69, 9.17) is 0 Å². The molecule has 3 heteroatoms. The van der Waals surface area contributed by atoms with Crippen LogP contribution in [0.4, 0.5) is 5.69 Å². The number of fused-ring (bicyclic) bond motifs is 2. The first-order valence-corrected chi connectivity index (χ1v) is 9.46. The average molecular weight is 313 g/mol. The van der Waals surface area contributed by atoms with E-state index >= 15 is 0 Å². The van der Waals surface area contributed by atoms with Crippen molar-refractivity contribution in [2.45, 2.75) is 63.7 Å². The number of likely N-dealkylation sites (N-methyl/N-ethyl adjacent to an activating group) is 1. The summed E-state index contributed by atoms with van der Waals surface area (Å²) in [6.07, 6.45) is 5.41. The third-order valence-electron chi connectivity index (χ3n) is 6.44. The Morgan fingerprint density at radius 3 is 2.39 bits per heavy atom. The maximum atomic E-state index is 2.70. The highest BCUT2D eigenvalue weighted by molar-refractivity contribution is 5.56. The van der Waals surface area contributed by atoms with Crippen molar-refractivity contribution in [1.82, 2.24) is 9.80 Å². The van der Waals surface area contributed by atoms with Crippen LogP contribution >= 0.6 is 0 Å². The lowest BCUT2D eigenvalue weighted by Crippen LogP contribution is -2.52. The lowest BCUT2D eigenvalue weighted by Gasteiger charge is -2.42. The number of piperazine rings is 1. The topological polar surface area (TPSA) is 9.72 Å². The second-order valence-corrected chi connectivity index (χ2v) is 8.00. The van der Waals surface area contributed by atoms with Gasteiger partial charge in [0.05, 0.1) is 0 Å².